The van der Waals surface area contributed by atoms with Gasteiger partial charge in [-0.05, 0) is 18.8 Å². The zero-order valence-electron chi connectivity index (χ0n) is 7.22. The minimum atomic E-state index is -0.589. The van der Waals surface area contributed by atoms with Gasteiger partial charge >= 0.3 is 0 Å². The maximum Gasteiger partial charge on any atom is 0.170 e. The van der Waals surface area contributed by atoms with Gasteiger partial charge in [0.15, 0.2) is 11.6 Å². The summed E-state index contributed by atoms with van der Waals surface area (Å²) < 4.78 is 13.5. The van der Waals surface area contributed by atoms with Gasteiger partial charge in [0, 0.05) is 5.56 Å². The molecule has 0 aliphatic heterocycles. The lowest BCUT2D eigenvalue weighted by Gasteiger charge is -2.06. The van der Waals surface area contributed by atoms with E-state index in [1.54, 1.807) is 0 Å². The summed E-state index contributed by atoms with van der Waals surface area (Å²) >= 11 is 5.70. The molecule has 0 spiro atoms. The van der Waals surface area contributed by atoms with Crippen molar-refractivity contribution in [2.24, 2.45) is 0 Å². The van der Waals surface area contributed by atoms with Gasteiger partial charge in [-0.15, -0.1) is 0 Å². The van der Waals surface area contributed by atoms with Crippen LogP contribution in [0.2, 0.25) is 5.15 Å². The maximum absolute atomic E-state index is 13.5. The molecule has 1 aromatic heterocycles. The van der Waals surface area contributed by atoms with Gasteiger partial charge in [-0.3, -0.25) is 0 Å². The van der Waals surface area contributed by atoms with E-state index < -0.39 is 5.82 Å². The van der Waals surface area contributed by atoms with Crippen LogP contribution in [0, 0.1) is 17.1 Å². The van der Waals surface area contributed by atoms with Crippen LogP contribution in [0.25, 0.3) is 0 Å². The van der Waals surface area contributed by atoms with E-state index in [-0.39, 0.29) is 22.5 Å². The average Bonchev–Trinajstić information content (AvgIpc) is 2.94. The van der Waals surface area contributed by atoms with E-state index in [0.29, 0.717) is 5.56 Å². The fourth-order valence-electron chi connectivity index (χ4n) is 1.43. The summed E-state index contributed by atoms with van der Waals surface area (Å²) in [6, 6.07) is 1.86. The van der Waals surface area contributed by atoms with Crippen LogP contribution in [-0.4, -0.2) is 4.98 Å². The Labute approximate surface area is 85.3 Å². The van der Waals surface area contributed by atoms with Gasteiger partial charge in [-0.25, -0.2) is 9.37 Å². The molecule has 1 aliphatic rings. The van der Waals surface area contributed by atoms with Crippen molar-refractivity contribution in [1.29, 1.82) is 5.26 Å². The lowest BCUT2D eigenvalue weighted by Crippen LogP contribution is -2.03. The molecule has 0 radical (unpaired) electrons. The topological polar surface area (TPSA) is 62.7 Å². The number of halogens is 2. The van der Waals surface area contributed by atoms with E-state index in [2.05, 4.69) is 4.98 Å². The van der Waals surface area contributed by atoms with Crippen molar-refractivity contribution < 1.29 is 4.39 Å². The number of aromatic nitrogens is 1. The van der Waals surface area contributed by atoms with Gasteiger partial charge < -0.3 is 5.73 Å². The van der Waals surface area contributed by atoms with E-state index in [1.165, 1.54) is 0 Å². The standard InChI is InChI=1S/C9H7ClFN3/c10-8-5(3-12)6(4-1-2-4)7(11)9(13)14-8/h4H,1-2H2,(H2,13,14). The van der Waals surface area contributed by atoms with Crippen LogP contribution in [0.5, 0.6) is 0 Å². The molecule has 2 N–H and O–H groups in total. The minimum Gasteiger partial charge on any atom is -0.381 e. The second kappa shape index (κ2) is 3.10. The van der Waals surface area contributed by atoms with Crippen LogP contribution in [0.1, 0.15) is 29.9 Å². The fourth-order valence-corrected chi connectivity index (χ4v) is 1.67. The maximum atomic E-state index is 13.5. The fraction of sp³-hybridized carbons (Fsp3) is 0.333. The molecule has 0 atom stereocenters. The van der Waals surface area contributed by atoms with Gasteiger partial charge in [0.05, 0.1) is 5.56 Å². The number of hydrogen-bond donors (Lipinski definition) is 1. The van der Waals surface area contributed by atoms with Crippen LogP contribution < -0.4 is 5.73 Å². The molecule has 72 valence electrons. The number of anilines is 1. The van der Waals surface area contributed by atoms with Gasteiger partial charge in [0.2, 0.25) is 0 Å². The number of nitrogen functional groups attached to an aromatic ring is 1. The summed E-state index contributed by atoms with van der Waals surface area (Å²) in [5, 5.41) is 8.80. The summed E-state index contributed by atoms with van der Waals surface area (Å²) in [5.41, 5.74) is 5.79. The van der Waals surface area contributed by atoms with Crippen molar-refractivity contribution in [2.45, 2.75) is 18.8 Å². The first-order valence-electron chi connectivity index (χ1n) is 4.19. The first-order chi connectivity index (χ1) is 6.65. The molecular weight excluding hydrogens is 205 g/mol. The molecule has 1 saturated carbocycles. The Morgan fingerprint density at radius 2 is 2.21 bits per heavy atom. The molecule has 3 nitrogen and oxygen atoms in total. The third kappa shape index (κ3) is 1.30. The minimum absolute atomic E-state index is 0.00620. The largest absolute Gasteiger partial charge is 0.381 e. The van der Waals surface area contributed by atoms with E-state index >= 15 is 0 Å². The SMILES string of the molecule is N#Cc1c(Cl)nc(N)c(F)c1C1CC1. The number of pyridine rings is 1. The summed E-state index contributed by atoms with van der Waals surface area (Å²) in [4.78, 5) is 3.56. The van der Waals surface area contributed by atoms with Gasteiger partial charge in [-0.2, -0.15) is 5.26 Å². The quantitative estimate of drug-likeness (QED) is 0.725. The van der Waals surface area contributed by atoms with Crippen molar-refractivity contribution in [3.63, 3.8) is 0 Å². The number of rotatable bonds is 1. The Morgan fingerprint density at radius 1 is 1.57 bits per heavy atom. The first kappa shape index (κ1) is 9.22. The highest BCUT2D eigenvalue weighted by atomic mass is 35.5. The van der Waals surface area contributed by atoms with Crippen molar-refractivity contribution in [2.75, 3.05) is 5.73 Å². The summed E-state index contributed by atoms with van der Waals surface area (Å²) in [6.07, 6.45) is 1.76. The molecule has 1 aliphatic carbocycles. The molecule has 0 bridgehead atoms. The lowest BCUT2D eigenvalue weighted by atomic mass is 10.1. The Morgan fingerprint density at radius 3 is 2.71 bits per heavy atom. The molecule has 5 heteroatoms. The molecule has 0 saturated heterocycles. The predicted molar refractivity (Wildman–Crippen MR) is 50.3 cm³/mol. The van der Waals surface area contributed by atoms with Gasteiger partial charge in [0.25, 0.3) is 0 Å². The number of hydrogen-bond acceptors (Lipinski definition) is 3. The monoisotopic (exact) mass is 211 g/mol. The van der Waals surface area contributed by atoms with E-state index in [0.717, 1.165) is 12.8 Å². The Hall–Kier alpha value is -1.34. The van der Waals surface area contributed by atoms with Gasteiger partial charge in [-0.1, -0.05) is 11.6 Å². The second-order valence-electron chi connectivity index (χ2n) is 3.28. The molecule has 0 unspecified atom stereocenters. The van der Waals surface area contributed by atoms with Crippen LogP contribution >= 0.6 is 11.6 Å². The predicted octanol–water partition coefficient (Wildman–Crippen LogP) is 2.21. The van der Waals surface area contributed by atoms with Crippen LogP contribution in [-0.2, 0) is 0 Å². The Kier molecular flexibility index (Phi) is 2.05. The second-order valence-corrected chi connectivity index (χ2v) is 3.63. The molecule has 1 fully saturated rings. The summed E-state index contributed by atoms with van der Waals surface area (Å²) in [5.74, 6) is -0.725. The molecule has 1 heterocycles. The molecule has 0 aromatic carbocycles. The molecule has 2 rings (SSSR count). The van der Waals surface area contributed by atoms with E-state index in [9.17, 15) is 4.39 Å². The average molecular weight is 212 g/mol. The highest BCUT2D eigenvalue weighted by Gasteiger charge is 2.32. The zero-order valence-corrected chi connectivity index (χ0v) is 7.98. The molecule has 0 amide bonds. The summed E-state index contributed by atoms with van der Waals surface area (Å²) in [6.45, 7) is 0. The smallest absolute Gasteiger partial charge is 0.170 e. The first-order valence-corrected chi connectivity index (χ1v) is 4.57. The Balaban J connectivity index is 2.69. The highest BCUT2D eigenvalue weighted by molar-refractivity contribution is 6.30. The normalized spacial score (nSPS) is 15.2. The highest BCUT2D eigenvalue weighted by Crippen LogP contribution is 2.44. The molecule has 14 heavy (non-hydrogen) atoms. The number of nitrogens with zero attached hydrogens (tertiary/aromatic N) is 2. The number of nitrogens with two attached hydrogens (primary N) is 1. The zero-order chi connectivity index (χ0) is 10.3. The molecule has 1 aromatic rings. The van der Waals surface area contributed by atoms with Crippen molar-refractivity contribution in [1.82, 2.24) is 4.98 Å². The van der Waals surface area contributed by atoms with Crippen LogP contribution in [0.4, 0.5) is 10.2 Å². The summed E-state index contributed by atoms with van der Waals surface area (Å²) in [7, 11) is 0. The molecular formula is C9H7ClFN3. The van der Waals surface area contributed by atoms with Crippen molar-refractivity contribution in [3.8, 4) is 6.07 Å². The van der Waals surface area contributed by atoms with Crippen molar-refractivity contribution in [3.05, 3.63) is 22.1 Å². The van der Waals surface area contributed by atoms with Crippen LogP contribution in [0.3, 0.4) is 0 Å². The van der Waals surface area contributed by atoms with Crippen molar-refractivity contribution >= 4 is 17.4 Å². The third-order valence-electron chi connectivity index (χ3n) is 2.25. The van der Waals surface area contributed by atoms with Crippen LogP contribution in [0.15, 0.2) is 0 Å². The number of nitriles is 1. The lowest BCUT2D eigenvalue weighted by molar-refractivity contribution is 0.609. The van der Waals surface area contributed by atoms with Gasteiger partial charge in [0.1, 0.15) is 11.2 Å². The third-order valence-corrected chi connectivity index (χ3v) is 2.53. The Bertz CT molecular complexity index is 435. The van der Waals surface area contributed by atoms with E-state index in [1.807, 2.05) is 6.07 Å². The van der Waals surface area contributed by atoms with E-state index in [4.69, 9.17) is 22.6 Å².